The third-order valence-corrected chi connectivity index (χ3v) is 2.36. The minimum Gasteiger partial charge on any atom is -0.461 e. The Bertz CT molecular complexity index is 534. The van der Waals surface area contributed by atoms with Crippen LogP contribution < -0.4 is 0 Å². The summed E-state index contributed by atoms with van der Waals surface area (Å²) in [6.07, 6.45) is 1.70. The van der Waals surface area contributed by atoms with Gasteiger partial charge in [0.2, 0.25) is 0 Å². The summed E-state index contributed by atoms with van der Waals surface area (Å²) < 4.78 is 4.91. The topological polar surface area (TPSA) is 39.2 Å². The molecule has 0 bridgehead atoms. The predicted octanol–water partition coefficient (Wildman–Crippen LogP) is 2.72. The quantitative estimate of drug-likeness (QED) is 0.723. The van der Waals surface area contributed by atoms with E-state index in [0.717, 1.165) is 16.3 Å². The molecule has 0 atom stereocenters. The van der Waals surface area contributed by atoms with Crippen LogP contribution in [0.3, 0.4) is 0 Å². The van der Waals surface area contributed by atoms with Gasteiger partial charge < -0.3 is 4.74 Å². The van der Waals surface area contributed by atoms with Gasteiger partial charge in [0.25, 0.3) is 0 Å². The summed E-state index contributed by atoms with van der Waals surface area (Å²) in [6, 6.07) is 7.81. The number of aromatic nitrogens is 1. The van der Waals surface area contributed by atoms with Crippen molar-refractivity contribution in [3.8, 4) is 0 Å². The Labute approximate surface area is 94.1 Å². The number of ether oxygens (including phenoxy) is 1. The molecule has 1 aromatic carbocycles. The van der Waals surface area contributed by atoms with Crippen LogP contribution >= 0.6 is 0 Å². The fraction of sp³-hybridized carbons (Fsp3) is 0.231. The fourth-order valence-corrected chi connectivity index (χ4v) is 1.58. The number of fused-ring (bicyclic) bond motifs is 1. The van der Waals surface area contributed by atoms with Crippen LogP contribution in [0, 0.1) is 6.92 Å². The van der Waals surface area contributed by atoms with Crippen molar-refractivity contribution in [3.63, 3.8) is 0 Å². The van der Waals surface area contributed by atoms with Crippen molar-refractivity contribution in [2.24, 2.45) is 0 Å². The summed E-state index contributed by atoms with van der Waals surface area (Å²) in [5, 5.41) is 2.04. The number of nitrogens with zero attached hydrogens (tertiary/aromatic N) is 1. The number of aryl methyl sites for hydroxylation is 1. The molecule has 1 aromatic heterocycles. The molecule has 0 fully saturated rings. The highest BCUT2D eigenvalue weighted by molar-refractivity contribution is 5.93. The zero-order chi connectivity index (χ0) is 11.5. The van der Waals surface area contributed by atoms with Crippen molar-refractivity contribution in [1.82, 2.24) is 4.98 Å². The van der Waals surface area contributed by atoms with Crippen LogP contribution in [0.25, 0.3) is 10.8 Å². The lowest BCUT2D eigenvalue weighted by atomic mass is 10.1. The lowest BCUT2D eigenvalue weighted by Gasteiger charge is -2.03. The van der Waals surface area contributed by atoms with Crippen LogP contribution in [0.2, 0.25) is 0 Å². The number of benzene rings is 1. The van der Waals surface area contributed by atoms with Gasteiger partial charge in [-0.15, -0.1) is 0 Å². The van der Waals surface area contributed by atoms with Crippen molar-refractivity contribution in [3.05, 3.63) is 41.7 Å². The van der Waals surface area contributed by atoms with E-state index in [-0.39, 0.29) is 5.97 Å². The molecule has 0 saturated heterocycles. The smallest absolute Gasteiger partial charge is 0.356 e. The number of esters is 1. The summed E-state index contributed by atoms with van der Waals surface area (Å²) in [7, 11) is 0. The number of carbonyl (C=O) groups excluding carboxylic acids is 1. The number of rotatable bonds is 2. The molecular weight excluding hydrogens is 202 g/mol. The van der Waals surface area contributed by atoms with Crippen molar-refractivity contribution in [2.45, 2.75) is 13.8 Å². The molecule has 1 heterocycles. The zero-order valence-corrected chi connectivity index (χ0v) is 9.36. The predicted molar refractivity (Wildman–Crippen MR) is 62.4 cm³/mol. The molecule has 2 rings (SSSR count). The maximum absolute atomic E-state index is 11.5. The van der Waals surface area contributed by atoms with Crippen molar-refractivity contribution in [2.75, 3.05) is 6.61 Å². The normalized spacial score (nSPS) is 10.4. The van der Waals surface area contributed by atoms with Gasteiger partial charge in [-0.2, -0.15) is 0 Å². The highest BCUT2D eigenvalue weighted by Gasteiger charge is 2.08. The standard InChI is InChI=1S/C13H13NO2/c1-3-16-13(15)12-7-11-6-9(2)4-5-10(11)8-14-12/h4-8H,3H2,1-2H3. The molecule has 3 heteroatoms. The van der Waals surface area contributed by atoms with Crippen molar-refractivity contribution < 1.29 is 9.53 Å². The lowest BCUT2D eigenvalue weighted by Crippen LogP contribution is -2.06. The second-order valence-electron chi connectivity index (χ2n) is 3.64. The van der Waals surface area contributed by atoms with Gasteiger partial charge in [0, 0.05) is 11.6 Å². The Hall–Kier alpha value is -1.90. The van der Waals surface area contributed by atoms with Gasteiger partial charge in [0.15, 0.2) is 0 Å². The molecule has 82 valence electrons. The molecule has 16 heavy (non-hydrogen) atoms. The third-order valence-electron chi connectivity index (χ3n) is 2.36. The molecule has 0 aliphatic rings. The minimum atomic E-state index is -0.370. The van der Waals surface area contributed by atoms with Crippen LogP contribution in [-0.4, -0.2) is 17.6 Å². The van der Waals surface area contributed by atoms with E-state index < -0.39 is 0 Å². The Morgan fingerprint density at radius 2 is 2.12 bits per heavy atom. The second kappa shape index (κ2) is 4.31. The third kappa shape index (κ3) is 2.03. The van der Waals surface area contributed by atoms with E-state index in [9.17, 15) is 4.79 Å². The average molecular weight is 215 g/mol. The Morgan fingerprint density at radius 3 is 2.88 bits per heavy atom. The molecule has 0 aliphatic carbocycles. The van der Waals surface area contributed by atoms with Gasteiger partial charge >= 0.3 is 5.97 Å². The average Bonchev–Trinajstić information content (AvgIpc) is 2.28. The molecule has 0 radical (unpaired) electrons. The molecule has 0 spiro atoms. The lowest BCUT2D eigenvalue weighted by molar-refractivity contribution is 0.0520. The van der Waals surface area contributed by atoms with Gasteiger partial charge in [-0.05, 0) is 25.3 Å². The first-order chi connectivity index (χ1) is 7.70. The molecular formula is C13H13NO2. The Kier molecular flexibility index (Phi) is 2.86. The fourth-order valence-electron chi connectivity index (χ4n) is 1.58. The molecule has 0 saturated carbocycles. The van der Waals surface area contributed by atoms with Crippen molar-refractivity contribution >= 4 is 16.7 Å². The second-order valence-corrected chi connectivity index (χ2v) is 3.64. The number of carbonyl (C=O) groups is 1. The van der Waals surface area contributed by atoms with E-state index in [1.165, 1.54) is 0 Å². The number of hydrogen-bond donors (Lipinski definition) is 0. The molecule has 0 unspecified atom stereocenters. The van der Waals surface area contributed by atoms with Gasteiger partial charge in [-0.1, -0.05) is 23.8 Å². The van der Waals surface area contributed by atoms with Gasteiger partial charge in [-0.3, -0.25) is 0 Å². The van der Waals surface area contributed by atoms with Crippen LogP contribution in [0.15, 0.2) is 30.5 Å². The van der Waals surface area contributed by atoms with Crippen LogP contribution in [-0.2, 0) is 4.74 Å². The van der Waals surface area contributed by atoms with E-state index in [4.69, 9.17) is 4.74 Å². The molecule has 3 nitrogen and oxygen atoms in total. The number of hydrogen-bond acceptors (Lipinski definition) is 3. The zero-order valence-electron chi connectivity index (χ0n) is 9.36. The highest BCUT2D eigenvalue weighted by atomic mass is 16.5. The van der Waals surface area contributed by atoms with Crippen LogP contribution in [0.5, 0.6) is 0 Å². The van der Waals surface area contributed by atoms with Crippen molar-refractivity contribution in [1.29, 1.82) is 0 Å². The van der Waals surface area contributed by atoms with Crippen LogP contribution in [0.1, 0.15) is 23.0 Å². The summed E-state index contributed by atoms with van der Waals surface area (Å²) in [4.78, 5) is 15.6. The molecule has 0 amide bonds. The largest absolute Gasteiger partial charge is 0.461 e. The summed E-state index contributed by atoms with van der Waals surface area (Å²) in [6.45, 7) is 4.17. The van der Waals surface area contributed by atoms with E-state index in [2.05, 4.69) is 4.98 Å². The van der Waals surface area contributed by atoms with Gasteiger partial charge in [0.05, 0.1) is 6.61 Å². The highest BCUT2D eigenvalue weighted by Crippen LogP contribution is 2.16. The van der Waals surface area contributed by atoms with Gasteiger partial charge in [-0.25, -0.2) is 9.78 Å². The monoisotopic (exact) mass is 215 g/mol. The van der Waals surface area contributed by atoms with Crippen LogP contribution in [0.4, 0.5) is 0 Å². The van der Waals surface area contributed by atoms with E-state index in [1.807, 2.05) is 25.1 Å². The SMILES string of the molecule is CCOC(=O)c1cc2cc(C)ccc2cn1. The molecule has 2 aromatic rings. The van der Waals surface area contributed by atoms with Gasteiger partial charge in [0.1, 0.15) is 5.69 Å². The Morgan fingerprint density at radius 1 is 1.31 bits per heavy atom. The first kappa shape index (κ1) is 10.6. The first-order valence-corrected chi connectivity index (χ1v) is 5.24. The molecule has 0 aliphatic heterocycles. The maximum atomic E-state index is 11.5. The summed E-state index contributed by atoms with van der Waals surface area (Å²) >= 11 is 0. The Balaban J connectivity index is 2.46. The first-order valence-electron chi connectivity index (χ1n) is 5.24. The molecule has 0 N–H and O–H groups in total. The van der Waals surface area contributed by atoms with E-state index in [0.29, 0.717) is 12.3 Å². The van der Waals surface area contributed by atoms with E-state index >= 15 is 0 Å². The minimum absolute atomic E-state index is 0.361. The summed E-state index contributed by atoms with van der Waals surface area (Å²) in [5.74, 6) is -0.370. The maximum Gasteiger partial charge on any atom is 0.356 e. The number of pyridine rings is 1. The van der Waals surface area contributed by atoms with E-state index in [1.54, 1.807) is 19.2 Å². The summed E-state index contributed by atoms with van der Waals surface area (Å²) in [5.41, 5.74) is 1.52.